The summed E-state index contributed by atoms with van der Waals surface area (Å²) >= 11 is 5.96. The normalized spacial score (nSPS) is 11.2. The number of fused-ring (bicyclic) bond motifs is 1. The first-order valence-electron chi connectivity index (χ1n) is 8.08. The van der Waals surface area contributed by atoms with E-state index in [2.05, 4.69) is 64.3 Å². The molecule has 0 aliphatic rings. The summed E-state index contributed by atoms with van der Waals surface area (Å²) < 4.78 is 2.10. The number of aryl methyl sites for hydroxylation is 2. The predicted molar refractivity (Wildman–Crippen MR) is 101 cm³/mol. The van der Waals surface area contributed by atoms with Gasteiger partial charge < -0.3 is 4.57 Å². The van der Waals surface area contributed by atoms with Gasteiger partial charge in [0.05, 0.1) is 5.88 Å². The zero-order chi connectivity index (χ0) is 17.4. The van der Waals surface area contributed by atoms with Gasteiger partial charge in [-0.15, -0.1) is 21.8 Å². The molecule has 0 bridgehead atoms. The standard InChI is InChI=1S/C20H17ClN4/c1-13-7-9-14(10-8-13)19-20(22-18(11-21)23-24-19)16-12-25(2)17-6-4-3-5-15(16)17/h3-10,12H,11H2,1-2H3. The zero-order valence-corrected chi connectivity index (χ0v) is 14.8. The van der Waals surface area contributed by atoms with E-state index in [4.69, 9.17) is 16.6 Å². The van der Waals surface area contributed by atoms with E-state index in [1.54, 1.807) is 0 Å². The van der Waals surface area contributed by atoms with Crippen LogP contribution in [-0.4, -0.2) is 19.7 Å². The molecular weight excluding hydrogens is 332 g/mol. The van der Waals surface area contributed by atoms with Crippen LogP contribution in [0.25, 0.3) is 33.4 Å². The number of rotatable bonds is 3. The lowest BCUT2D eigenvalue weighted by Gasteiger charge is -2.08. The molecule has 0 saturated carbocycles. The Kier molecular flexibility index (Phi) is 3.98. The predicted octanol–water partition coefficient (Wildman–Crippen LogP) is 4.74. The van der Waals surface area contributed by atoms with Crippen molar-refractivity contribution in [3.8, 4) is 22.5 Å². The summed E-state index contributed by atoms with van der Waals surface area (Å²) in [7, 11) is 2.04. The van der Waals surface area contributed by atoms with E-state index in [0.29, 0.717) is 5.82 Å². The maximum absolute atomic E-state index is 5.96. The molecule has 5 heteroatoms. The van der Waals surface area contributed by atoms with Crippen molar-refractivity contribution in [3.05, 3.63) is 66.1 Å². The van der Waals surface area contributed by atoms with Crippen molar-refractivity contribution in [3.63, 3.8) is 0 Å². The number of hydrogen-bond acceptors (Lipinski definition) is 3. The fourth-order valence-corrected chi connectivity index (χ4v) is 3.15. The van der Waals surface area contributed by atoms with E-state index >= 15 is 0 Å². The van der Waals surface area contributed by atoms with Gasteiger partial charge in [0.25, 0.3) is 0 Å². The van der Waals surface area contributed by atoms with Gasteiger partial charge in [0.15, 0.2) is 5.82 Å². The van der Waals surface area contributed by atoms with Crippen LogP contribution in [0.3, 0.4) is 0 Å². The van der Waals surface area contributed by atoms with Crippen LogP contribution in [0, 0.1) is 6.92 Å². The smallest absolute Gasteiger partial charge is 0.166 e. The Bertz CT molecular complexity index is 1050. The Morgan fingerprint density at radius 2 is 1.72 bits per heavy atom. The highest BCUT2D eigenvalue weighted by Gasteiger charge is 2.17. The molecular formula is C20H17ClN4. The largest absolute Gasteiger partial charge is 0.350 e. The molecule has 0 saturated heterocycles. The third-order valence-corrected chi connectivity index (χ3v) is 4.57. The summed E-state index contributed by atoms with van der Waals surface area (Å²) in [5.41, 5.74) is 5.97. The third-order valence-electron chi connectivity index (χ3n) is 4.33. The fourth-order valence-electron chi connectivity index (χ4n) is 3.04. The van der Waals surface area contributed by atoms with Crippen LogP contribution in [0.15, 0.2) is 54.7 Å². The zero-order valence-electron chi connectivity index (χ0n) is 14.1. The van der Waals surface area contributed by atoms with Gasteiger partial charge in [0.2, 0.25) is 0 Å². The second kappa shape index (κ2) is 6.30. The lowest BCUT2D eigenvalue weighted by atomic mass is 10.0. The molecule has 124 valence electrons. The number of halogens is 1. The minimum absolute atomic E-state index is 0.235. The van der Waals surface area contributed by atoms with Crippen LogP contribution in [-0.2, 0) is 12.9 Å². The molecule has 0 aliphatic carbocycles. The van der Waals surface area contributed by atoms with Crippen LogP contribution in [0.5, 0.6) is 0 Å². The number of hydrogen-bond donors (Lipinski definition) is 0. The van der Waals surface area contributed by atoms with Crippen molar-refractivity contribution >= 4 is 22.5 Å². The number of nitrogens with zero attached hydrogens (tertiary/aromatic N) is 4. The van der Waals surface area contributed by atoms with Crippen LogP contribution in [0.1, 0.15) is 11.4 Å². The number of aromatic nitrogens is 4. The molecule has 2 heterocycles. The highest BCUT2D eigenvalue weighted by molar-refractivity contribution is 6.16. The van der Waals surface area contributed by atoms with E-state index in [1.165, 1.54) is 5.56 Å². The van der Waals surface area contributed by atoms with E-state index in [1.807, 2.05) is 19.2 Å². The monoisotopic (exact) mass is 348 g/mol. The van der Waals surface area contributed by atoms with Crippen molar-refractivity contribution < 1.29 is 0 Å². The summed E-state index contributed by atoms with van der Waals surface area (Å²) in [6, 6.07) is 16.5. The molecule has 4 aromatic rings. The number of benzene rings is 2. The highest BCUT2D eigenvalue weighted by atomic mass is 35.5. The van der Waals surface area contributed by atoms with Crippen molar-refractivity contribution in [1.29, 1.82) is 0 Å². The van der Waals surface area contributed by atoms with Crippen LogP contribution >= 0.6 is 11.6 Å². The molecule has 0 aliphatic heterocycles. The van der Waals surface area contributed by atoms with Gasteiger partial charge in [-0.25, -0.2) is 4.98 Å². The Morgan fingerprint density at radius 3 is 2.48 bits per heavy atom. The maximum Gasteiger partial charge on any atom is 0.166 e. The quantitative estimate of drug-likeness (QED) is 0.502. The van der Waals surface area contributed by atoms with E-state index in [-0.39, 0.29) is 5.88 Å². The van der Waals surface area contributed by atoms with Crippen LogP contribution < -0.4 is 0 Å². The lowest BCUT2D eigenvalue weighted by Crippen LogP contribution is -2.01. The third kappa shape index (κ3) is 2.79. The van der Waals surface area contributed by atoms with E-state index in [9.17, 15) is 0 Å². The summed E-state index contributed by atoms with van der Waals surface area (Å²) in [5, 5.41) is 9.74. The molecule has 0 N–H and O–H groups in total. The molecule has 0 unspecified atom stereocenters. The summed E-state index contributed by atoms with van der Waals surface area (Å²) in [5.74, 6) is 0.763. The van der Waals surface area contributed by atoms with Crippen LogP contribution in [0.4, 0.5) is 0 Å². The summed E-state index contributed by atoms with van der Waals surface area (Å²) in [4.78, 5) is 4.70. The Balaban J connectivity index is 2.00. The summed E-state index contributed by atoms with van der Waals surface area (Å²) in [6.45, 7) is 2.07. The molecule has 2 aromatic carbocycles. The molecule has 0 amide bonds. The first-order valence-corrected chi connectivity index (χ1v) is 8.62. The van der Waals surface area contributed by atoms with Crippen molar-refractivity contribution in [2.75, 3.05) is 0 Å². The van der Waals surface area contributed by atoms with E-state index < -0.39 is 0 Å². The minimum Gasteiger partial charge on any atom is -0.350 e. The van der Waals surface area contributed by atoms with Crippen molar-refractivity contribution in [2.45, 2.75) is 12.8 Å². The molecule has 4 nitrogen and oxygen atoms in total. The fraction of sp³-hybridized carbons (Fsp3) is 0.150. The average molecular weight is 349 g/mol. The van der Waals surface area contributed by atoms with E-state index in [0.717, 1.165) is 33.4 Å². The second-order valence-corrected chi connectivity index (χ2v) is 6.36. The van der Waals surface area contributed by atoms with Crippen LogP contribution in [0.2, 0.25) is 0 Å². The lowest BCUT2D eigenvalue weighted by molar-refractivity contribution is 0.904. The molecule has 0 atom stereocenters. The Hall–Kier alpha value is -2.72. The van der Waals surface area contributed by atoms with Gasteiger partial charge in [-0.2, -0.15) is 0 Å². The Labute approximate surface area is 151 Å². The van der Waals surface area contributed by atoms with Gasteiger partial charge in [0, 0.05) is 35.3 Å². The Morgan fingerprint density at radius 1 is 0.960 bits per heavy atom. The molecule has 0 fully saturated rings. The highest BCUT2D eigenvalue weighted by Crippen LogP contribution is 2.34. The molecule has 2 aromatic heterocycles. The number of alkyl halides is 1. The first kappa shape index (κ1) is 15.8. The molecule has 0 spiro atoms. The minimum atomic E-state index is 0.235. The first-order chi connectivity index (χ1) is 12.2. The SMILES string of the molecule is Cc1ccc(-c2nnc(CCl)nc2-c2cn(C)c3ccccc23)cc1. The van der Waals surface area contributed by atoms with Gasteiger partial charge in [-0.1, -0.05) is 48.0 Å². The number of para-hydroxylation sites is 1. The average Bonchev–Trinajstić information content (AvgIpc) is 2.99. The van der Waals surface area contributed by atoms with Gasteiger partial charge in [-0.3, -0.25) is 0 Å². The summed E-state index contributed by atoms with van der Waals surface area (Å²) in [6.07, 6.45) is 2.09. The molecule has 25 heavy (non-hydrogen) atoms. The maximum atomic E-state index is 5.96. The second-order valence-electron chi connectivity index (χ2n) is 6.10. The van der Waals surface area contributed by atoms with Gasteiger partial charge in [-0.05, 0) is 13.0 Å². The van der Waals surface area contributed by atoms with Crippen molar-refractivity contribution in [1.82, 2.24) is 19.7 Å². The molecule has 0 radical (unpaired) electrons. The van der Waals surface area contributed by atoms with Gasteiger partial charge >= 0.3 is 0 Å². The topological polar surface area (TPSA) is 43.6 Å². The van der Waals surface area contributed by atoms with Gasteiger partial charge in [0.1, 0.15) is 11.4 Å². The molecule has 4 rings (SSSR count). The van der Waals surface area contributed by atoms with Crippen molar-refractivity contribution in [2.24, 2.45) is 7.05 Å².